The first-order valence-electron chi connectivity index (χ1n) is 11.7. The van der Waals surface area contributed by atoms with Crippen molar-refractivity contribution in [1.82, 2.24) is 19.1 Å². The van der Waals surface area contributed by atoms with E-state index >= 15 is 0 Å². The average molecular weight is 522 g/mol. The molecule has 0 aliphatic carbocycles. The molecule has 6 aromatic rings. The highest BCUT2D eigenvalue weighted by atomic mass is 35.5. The van der Waals surface area contributed by atoms with E-state index in [2.05, 4.69) is 15.3 Å². The van der Waals surface area contributed by atoms with Crippen LogP contribution in [0.1, 0.15) is 10.4 Å². The Labute approximate surface area is 221 Å². The van der Waals surface area contributed by atoms with Crippen molar-refractivity contribution in [3.63, 3.8) is 0 Å². The van der Waals surface area contributed by atoms with Crippen LogP contribution in [0, 0.1) is 0 Å². The number of carbonyl (C=O) groups excluding carboxylic acids is 1. The van der Waals surface area contributed by atoms with Crippen molar-refractivity contribution in [2.45, 2.75) is 0 Å². The van der Waals surface area contributed by atoms with Gasteiger partial charge in [0.25, 0.3) is 5.91 Å². The third-order valence-corrected chi connectivity index (χ3v) is 6.43. The van der Waals surface area contributed by atoms with E-state index in [4.69, 9.17) is 16.3 Å². The summed E-state index contributed by atoms with van der Waals surface area (Å²) in [6, 6.07) is 21.1. The van der Waals surface area contributed by atoms with Gasteiger partial charge in [-0.05, 0) is 72.8 Å². The number of pyridine rings is 3. The third-order valence-electron chi connectivity index (χ3n) is 6.18. The Morgan fingerprint density at radius 1 is 0.895 bits per heavy atom. The number of hydrogen-bond acceptors (Lipinski definition) is 5. The Balaban J connectivity index is 1.28. The standard InChI is InChI=1S/C29H20ClN5O3/c1-34-16-13-22-25(12-15-32-27(22)34)38-21-10-6-19(7-11-21)33-29(37)24-17-35(20-8-4-18(30)5-9-20)28-23(26(24)36)3-2-14-31-28/h2-17H,1H3,(H,33,37). The van der Waals surface area contributed by atoms with Gasteiger partial charge in [-0.2, -0.15) is 0 Å². The number of anilines is 1. The number of aryl methyl sites for hydroxylation is 1. The van der Waals surface area contributed by atoms with Crippen LogP contribution in [0.25, 0.3) is 27.8 Å². The molecule has 1 amide bonds. The molecule has 0 saturated carbocycles. The lowest BCUT2D eigenvalue weighted by Crippen LogP contribution is -2.24. The molecule has 0 unspecified atom stereocenters. The number of rotatable bonds is 5. The van der Waals surface area contributed by atoms with Gasteiger partial charge < -0.3 is 19.2 Å². The largest absolute Gasteiger partial charge is 0.457 e. The zero-order valence-electron chi connectivity index (χ0n) is 20.1. The number of halogens is 1. The number of amides is 1. The van der Waals surface area contributed by atoms with Crippen molar-refractivity contribution in [3.8, 4) is 17.2 Å². The highest BCUT2D eigenvalue weighted by molar-refractivity contribution is 6.30. The topological polar surface area (TPSA) is 91.0 Å². The van der Waals surface area contributed by atoms with Crippen LogP contribution in [0.15, 0.2) is 102 Å². The number of ether oxygens (including phenoxy) is 1. The first-order valence-corrected chi connectivity index (χ1v) is 12.1. The van der Waals surface area contributed by atoms with E-state index in [9.17, 15) is 9.59 Å². The maximum atomic E-state index is 13.2. The van der Waals surface area contributed by atoms with E-state index in [1.54, 1.807) is 83.7 Å². The molecule has 4 heterocycles. The number of nitrogens with zero attached hydrogens (tertiary/aromatic N) is 4. The molecule has 38 heavy (non-hydrogen) atoms. The average Bonchev–Trinajstić information content (AvgIpc) is 3.32. The van der Waals surface area contributed by atoms with Gasteiger partial charge in [0.15, 0.2) is 0 Å². The van der Waals surface area contributed by atoms with Gasteiger partial charge in [-0.3, -0.25) is 9.59 Å². The van der Waals surface area contributed by atoms with Gasteiger partial charge in [0.1, 0.15) is 28.4 Å². The summed E-state index contributed by atoms with van der Waals surface area (Å²) in [5, 5.41) is 4.63. The number of fused-ring (bicyclic) bond motifs is 2. The maximum absolute atomic E-state index is 13.2. The second-order valence-electron chi connectivity index (χ2n) is 8.65. The summed E-state index contributed by atoms with van der Waals surface area (Å²) in [5.74, 6) is 0.749. The summed E-state index contributed by atoms with van der Waals surface area (Å²) in [5.41, 5.74) is 2.09. The molecule has 186 valence electrons. The summed E-state index contributed by atoms with van der Waals surface area (Å²) in [6.07, 6.45) is 6.73. The normalized spacial score (nSPS) is 11.1. The molecule has 0 aliphatic heterocycles. The predicted molar refractivity (Wildman–Crippen MR) is 148 cm³/mol. The first-order chi connectivity index (χ1) is 18.5. The van der Waals surface area contributed by atoms with Crippen LogP contribution in [-0.2, 0) is 7.05 Å². The van der Waals surface area contributed by atoms with Crippen molar-refractivity contribution in [3.05, 3.63) is 118 Å². The fraction of sp³-hybridized carbons (Fsp3) is 0.0345. The number of benzene rings is 2. The molecule has 6 rings (SSSR count). The summed E-state index contributed by atoms with van der Waals surface area (Å²) in [6.45, 7) is 0. The van der Waals surface area contributed by atoms with Gasteiger partial charge in [0, 0.05) is 48.2 Å². The lowest BCUT2D eigenvalue weighted by molar-refractivity contribution is 0.102. The molecule has 0 atom stereocenters. The Kier molecular flexibility index (Phi) is 5.86. The molecule has 0 saturated heterocycles. The van der Waals surface area contributed by atoms with Crippen LogP contribution >= 0.6 is 11.6 Å². The summed E-state index contributed by atoms with van der Waals surface area (Å²) >= 11 is 6.05. The number of hydrogen-bond donors (Lipinski definition) is 1. The van der Waals surface area contributed by atoms with Crippen LogP contribution in [0.2, 0.25) is 5.02 Å². The van der Waals surface area contributed by atoms with Gasteiger partial charge in [0.05, 0.1) is 10.8 Å². The fourth-order valence-electron chi connectivity index (χ4n) is 4.28. The van der Waals surface area contributed by atoms with Gasteiger partial charge in [-0.15, -0.1) is 0 Å². The lowest BCUT2D eigenvalue weighted by atomic mass is 10.1. The monoisotopic (exact) mass is 521 g/mol. The Morgan fingerprint density at radius 2 is 1.66 bits per heavy atom. The van der Waals surface area contributed by atoms with E-state index in [0.717, 1.165) is 16.7 Å². The molecule has 0 bridgehead atoms. The highest BCUT2D eigenvalue weighted by Crippen LogP contribution is 2.30. The molecule has 4 aromatic heterocycles. The molecule has 1 N–H and O–H groups in total. The van der Waals surface area contributed by atoms with E-state index in [1.807, 2.05) is 23.9 Å². The van der Waals surface area contributed by atoms with Crippen LogP contribution in [0.5, 0.6) is 11.5 Å². The quantitative estimate of drug-likeness (QED) is 0.302. The highest BCUT2D eigenvalue weighted by Gasteiger charge is 2.17. The third kappa shape index (κ3) is 4.27. The fourth-order valence-corrected chi connectivity index (χ4v) is 4.41. The maximum Gasteiger partial charge on any atom is 0.261 e. The molecule has 0 fully saturated rings. The second kappa shape index (κ2) is 9.49. The van der Waals surface area contributed by atoms with Gasteiger partial charge in [-0.1, -0.05) is 11.6 Å². The molecule has 0 spiro atoms. The summed E-state index contributed by atoms with van der Waals surface area (Å²) in [4.78, 5) is 35.2. The van der Waals surface area contributed by atoms with E-state index in [0.29, 0.717) is 33.2 Å². The number of carbonyl (C=O) groups is 1. The Hall–Kier alpha value is -4.95. The van der Waals surface area contributed by atoms with Crippen LogP contribution in [0.4, 0.5) is 5.69 Å². The molecular weight excluding hydrogens is 502 g/mol. The molecule has 9 heteroatoms. The Morgan fingerprint density at radius 3 is 2.45 bits per heavy atom. The van der Waals surface area contributed by atoms with Crippen molar-refractivity contribution in [2.24, 2.45) is 7.05 Å². The van der Waals surface area contributed by atoms with Gasteiger partial charge in [0.2, 0.25) is 5.43 Å². The Bertz CT molecular complexity index is 1880. The van der Waals surface area contributed by atoms with Crippen molar-refractivity contribution in [1.29, 1.82) is 0 Å². The van der Waals surface area contributed by atoms with E-state index in [-0.39, 0.29) is 5.56 Å². The van der Waals surface area contributed by atoms with Crippen molar-refractivity contribution >= 4 is 45.3 Å². The van der Waals surface area contributed by atoms with Gasteiger partial charge >= 0.3 is 0 Å². The zero-order chi connectivity index (χ0) is 26.2. The first kappa shape index (κ1) is 23.4. The number of aromatic nitrogens is 4. The molecule has 2 aromatic carbocycles. The van der Waals surface area contributed by atoms with Crippen LogP contribution < -0.4 is 15.5 Å². The van der Waals surface area contributed by atoms with E-state index < -0.39 is 11.3 Å². The van der Waals surface area contributed by atoms with Crippen LogP contribution in [-0.4, -0.2) is 25.0 Å². The summed E-state index contributed by atoms with van der Waals surface area (Å²) < 4.78 is 9.68. The minimum Gasteiger partial charge on any atom is -0.457 e. The summed E-state index contributed by atoms with van der Waals surface area (Å²) in [7, 11) is 1.92. The molecule has 8 nitrogen and oxygen atoms in total. The van der Waals surface area contributed by atoms with Crippen molar-refractivity contribution in [2.75, 3.05) is 5.32 Å². The smallest absolute Gasteiger partial charge is 0.261 e. The second-order valence-corrected chi connectivity index (χ2v) is 9.08. The zero-order valence-corrected chi connectivity index (χ0v) is 20.9. The number of nitrogens with one attached hydrogen (secondary N) is 1. The van der Waals surface area contributed by atoms with Crippen molar-refractivity contribution < 1.29 is 9.53 Å². The molecule has 0 aliphatic rings. The van der Waals surface area contributed by atoms with Crippen LogP contribution in [0.3, 0.4) is 0 Å². The minimum atomic E-state index is -0.530. The lowest BCUT2D eigenvalue weighted by Gasteiger charge is -2.13. The molecule has 0 radical (unpaired) electrons. The van der Waals surface area contributed by atoms with Gasteiger partial charge in [-0.25, -0.2) is 9.97 Å². The SMILES string of the molecule is Cn1ccc2c(Oc3ccc(NC(=O)c4cn(-c5ccc(Cl)cc5)c5ncccc5c4=O)cc3)ccnc21. The minimum absolute atomic E-state index is 0.0102. The predicted octanol–water partition coefficient (Wildman–Crippen LogP) is 5.97. The molecular formula is C29H20ClN5O3. The van der Waals surface area contributed by atoms with E-state index in [1.165, 1.54) is 6.20 Å².